The Kier molecular flexibility index (Phi) is 4.76. The van der Waals surface area contributed by atoms with Gasteiger partial charge in [-0.1, -0.05) is 26.3 Å². The summed E-state index contributed by atoms with van der Waals surface area (Å²) in [6.07, 6.45) is 2.33. The average molecular weight is 222 g/mol. The second-order valence-electron chi connectivity index (χ2n) is 4.08. The molecule has 1 aromatic carbocycles. The van der Waals surface area contributed by atoms with Crippen molar-refractivity contribution in [2.45, 2.75) is 26.7 Å². The molecule has 0 aliphatic carbocycles. The maximum Gasteiger partial charge on any atom is 0.271 e. The molecular formula is C12H18N2O2. The van der Waals surface area contributed by atoms with E-state index in [1.165, 1.54) is 12.5 Å². The van der Waals surface area contributed by atoms with E-state index in [9.17, 15) is 10.1 Å². The van der Waals surface area contributed by atoms with Gasteiger partial charge < -0.3 is 5.32 Å². The molecule has 0 radical (unpaired) electrons. The van der Waals surface area contributed by atoms with Crippen molar-refractivity contribution in [2.75, 3.05) is 11.9 Å². The van der Waals surface area contributed by atoms with Crippen LogP contribution in [0.25, 0.3) is 0 Å². The summed E-state index contributed by atoms with van der Waals surface area (Å²) in [5, 5.41) is 13.8. The first-order chi connectivity index (χ1) is 7.63. The first-order valence-electron chi connectivity index (χ1n) is 5.61. The number of nitro benzene ring substituents is 1. The summed E-state index contributed by atoms with van der Waals surface area (Å²) in [4.78, 5) is 10.2. The SMILES string of the molecule is CCCC(C)CNc1cccc([N+](=O)[O-])c1. The van der Waals surface area contributed by atoms with Crippen molar-refractivity contribution in [3.8, 4) is 0 Å². The predicted octanol–water partition coefficient (Wildman–Crippen LogP) is 3.44. The van der Waals surface area contributed by atoms with E-state index in [0.717, 1.165) is 18.7 Å². The average Bonchev–Trinajstić information content (AvgIpc) is 2.27. The molecule has 1 atom stereocenters. The molecule has 16 heavy (non-hydrogen) atoms. The van der Waals surface area contributed by atoms with Gasteiger partial charge in [0.15, 0.2) is 0 Å². The summed E-state index contributed by atoms with van der Waals surface area (Å²) >= 11 is 0. The lowest BCUT2D eigenvalue weighted by Crippen LogP contribution is -2.10. The largest absolute Gasteiger partial charge is 0.385 e. The van der Waals surface area contributed by atoms with E-state index in [0.29, 0.717) is 5.92 Å². The number of benzene rings is 1. The third kappa shape index (κ3) is 3.88. The fourth-order valence-corrected chi connectivity index (χ4v) is 1.62. The highest BCUT2D eigenvalue weighted by molar-refractivity contribution is 5.50. The lowest BCUT2D eigenvalue weighted by molar-refractivity contribution is -0.384. The van der Waals surface area contributed by atoms with Crippen molar-refractivity contribution in [2.24, 2.45) is 5.92 Å². The fourth-order valence-electron chi connectivity index (χ4n) is 1.62. The molecule has 0 bridgehead atoms. The minimum Gasteiger partial charge on any atom is -0.385 e. The van der Waals surface area contributed by atoms with Crippen molar-refractivity contribution in [3.05, 3.63) is 34.4 Å². The molecule has 4 nitrogen and oxygen atoms in total. The number of non-ortho nitro benzene ring substituents is 1. The zero-order valence-corrected chi connectivity index (χ0v) is 9.77. The normalized spacial score (nSPS) is 12.1. The molecule has 0 aliphatic rings. The van der Waals surface area contributed by atoms with Gasteiger partial charge >= 0.3 is 0 Å². The monoisotopic (exact) mass is 222 g/mol. The van der Waals surface area contributed by atoms with Crippen molar-refractivity contribution < 1.29 is 4.92 Å². The summed E-state index contributed by atoms with van der Waals surface area (Å²) in [5.74, 6) is 0.587. The molecule has 0 saturated heterocycles. The minimum absolute atomic E-state index is 0.133. The van der Waals surface area contributed by atoms with Gasteiger partial charge in [-0.2, -0.15) is 0 Å². The van der Waals surface area contributed by atoms with E-state index < -0.39 is 0 Å². The van der Waals surface area contributed by atoms with E-state index in [2.05, 4.69) is 19.2 Å². The molecule has 0 heterocycles. The lowest BCUT2D eigenvalue weighted by Gasteiger charge is -2.12. The highest BCUT2D eigenvalue weighted by Gasteiger charge is 2.06. The second kappa shape index (κ2) is 6.10. The number of nitro groups is 1. The van der Waals surface area contributed by atoms with E-state index in [1.54, 1.807) is 12.1 Å². The van der Waals surface area contributed by atoms with Gasteiger partial charge in [-0.05, 0) is 18.4 Å². The van der Waals surface area contributed by atoms with E-state index in [4.69, 9.17) is 0 Å². The van der Waals surface area contributed by atoms with Gasteiger partial charge in [-0.25, -0.2) is 0 Å². The maximum atomic E-state index is 10.6. The van der Waals surface area contributed by atoms with Gasteiger partial charge in [0.1, 0.15) is 0 Å². The van der Waals surface area contributed by atoms with Crippen LogP contribution in [0.2, 0.25) is 0 Å². The number of hydrogen-bond acceptors (Lipinski definition) is 3. The number of hydrogen-bond donors (Lipinski definition) is 1. The molecule has 4 heteroatoms. The fraction of sp³-hybridized carbons (Fsp3) is 0.500. The number of anilines is 1. The molecular weight excluding hydrogens is 204 g/mol. The van der Waals surface area contributed by atoms with Gasteiger partial charge in [-0.3, -0.25) is 10.1 Å². The molecule has 1 aromatic rings. The van der Waals surface area contributed by atoms with Gasteiger partial charge in [0, 0.05) is 24.4 Å². The van der Waals surface area contributed by atoms with Crippen LogP contribution in [0.3, 0.4) is 0 Å². The molecule has 0 amide bonds. The van der Waals surface area contributed by atoms with Crippen LogP contribution in [0.4, 0.5) is 11.4 Å². The molecule has 0 saturated carbocycles. The lowest BCUT2D eigenvalue weighted by atomic mass is 10.1. The van der Waals surface area contributed by atoms with Crippen molar-refractivity contribution in [1.82, 2.24) is 0 Å². The Morgan fingerprint density at radius 2 is 2.25 bits per heavy atom. The van der Waals surface area contributed by atoms with Gasteiger partial charge in [0.2, 0.25) is 0 Å². The standard InChI is InChI=1S/C12H18N2O2/c1-3-5-10(2)9-13-11-6-4-7-12(8-11)14(15)16/h4,6-8,10,13H,3,5,9H2,1-2H3. The molecule has 0 fully saturated rings. The number of rotatable bonds is 6. The Labute approximate surface area is 95.8 Å². The van der Waals surface area contributed by atoms with Crippen LogP contribution in [0.15, 0.2) is 24.3 Å². The third-order valence-corrected chi connectivity index (χ3v) is 2.49. The molecule has 1 rings (SSSR count). The highest BCUT2D eigenvalue weighted by atomic mass is 16.6. The van der Waals surface area contributed by atoms with Gasteiger partial charge in [0.25, 0.3) is 5.69 Å². The van der Waals surface area contributed by atoms with Gasteiger partial charge in [-0.15, -0.1) is 0 Å². The number of nitrogens with one attached hydrogen (secondary N) is 1. The van der Waals surface area contributed by atoms with Crippen molar-refractivity contribution >= 4 is 11.4 Å². The predicted molar refractivity (Wildman–Crippen MR) is 65.7 cm³/mol. The zero-order chi connectivity index (χ0) is 12.0. The molecule has 0 spiro atoms. The Bertz CT molecular complexity index is 353. The summed E-state index contributed by atoms with van der Waals surface area (Å²) in [5.41, 5.74) is 0.949. The Morgan fingerprint density at radius 1 is 1.50 bits per heavy atom. The number of nitrogens with zero attached hydrogens (tertiary/aromatic N) is 1. The molecule has 1 N–H and O–H groups in total. The Balaban J connectivity index is 2.54. The van der Waals surface area contributed by atoms with Crippen molar-refractivity contribution in [3.63, 3.8) is 0 Å². The maximum absolute atomic E-state index is 10.6. The first-order valence-corrected chi connectivity index (χ1v) is 5.61. The molecule has 0 aliphatic heterocycles. The van der Waals surface area contributed by atoms with Crippen LogP contribution in [0, 0.1) is 16.0 Å². The highest BCUT2D eigenvalue weighted by Crippen LogP contribution is 2.17. The second-order valence-corrected chi connectivity index (χ2v) is 4.08. The van der Waals surface area contributed by atoms with E-state index in [-0.39, 0.29) is 10.6 Å². The van der Waals surface area contributed by atoms with Crippen LogP contribution >= 0.6 is 0 Å². The zero-order valence-electron chi connectivity index (χ0n) is 9.77. The van der Waals surface area contributed by atoms with Crippen LogP contribution in [0.1, 0.15) is 26.7 Å². The van der Waals surface area contributed by atoms with Crippen LogP contribution < -0.4 is 5.32 Å². The van der Waals surface area contributed by atoms with Gasteiger partial charge in [0.05, 0.1) is 4.92 Å². The summed E-state index contributed by atoms with van der Waals surface area (Å²) in [6, 6.07) is 6.62. The van der Waals surface area contributed by atoms with E-state index >= 15 is 0 Å². The quantitative estimate of drug-likeness (QED) is 0.592. The topological polar surface area (TPSA) is 55.2 Å². The molecule has 0 aromatic heterocycles. The summed E-state index contributed by atoms with van der Waals surface area (Å²) in [6.45, 7) is 5.19. The first kappa shape index (κ1) is 12.5. The summed E-state index contributed by atoms with van der Waals surface area (Å²) in [7, 11) is 0. The minimum atomic E-state index is -0.374. The van der Waals surface area contributed by atoms with Crippen LogP contribution in [-0.2, 0) is 0 Å². The smallest absolute Gasteiger partial charge is 0.271 e. The van der Waals surface area contributed by atoms with Crippen molar-refractivity contribution in [1.29, 1.82) is 0 Å². The Morgan fingerprint density at radius 3 is 2.88 bits per heavy atom. The summed E-state index contributed by atoms with van der Waals surface area (Å²) < 4.78 is 0. The Hall–Kier alpha value is -1.58. The molecule has 1 unspecified atom stereocenters. The van der Waals surface area contributed by atoms with Crippen LogP contribution in [-0.4, -0.2) is 11.5 Å². The molecule has 88 valence electrons. The van der Waals surface area contributed by atoms with Crippen LogP contribution in [0.5, 0.6) is 0 Å². The van der Waals surface area contributed by atoms with E-state index in [1.807, 2.05) is 6.07 Å². The third-order valence-electron chi connectivity index (χ3n) is 2.49.